The lowest BCUT2D eigenvalue weighted by molar-refractivity contribution is -0.143. The summed E-state index contributed by atoms with van der Waals surface area (Å²) in [6.07, 6.45) is 4.62. The minimum absolute atomic E-state index is 0.218. The fourth-order valence-electron chi connectivity index (χ4n) is 3.56. The third-order valence-electron chi connectivity index (χ3n) is 5.27. The van der Waals surface area contributed by atoms with Gasteiger partial charge in [-0.15, -0.1) is 11.8 Å². The molecule has 1 fully saturated rings. The zero-order valence-corrected chi connectivity index (χ0v) is 18.7. The summed E-state index contributed by atoms with van der Waals surface area (Å²) < 4.78 is 11.7. The highest BCUT2D eigenvalue weighted by Gasteiger charge is 2.24. The van der Waals surface area contributed by atoms with Gasteiger partial charge in [0.2, 0.25) is 0 Å². The van der Waals surface area contributed by atoms with Crippen LogP contribution in [0.3, 0.4) is 0 Å². The Hall–Kier alpha value is -2.24. The Labute approximate surface area is 183 Å². The number of hydrogen-bond donors (Lipinski definition) is 1. The molecule has 2 heterocycles. The van der Waals surface area contributed by atoms with Crippen molar-refractivity contribution in [3.05, 3.63) is 59.7 Å². The molecule has 1 N–H and O–H groups in total. The lowest BCUT2D eigenvalue weighted by Gasteiger charge is -2.18. The summed E-state index contributed by atoms with van der Waals surface area (Å²) >= 11 is 1.81. The van der Waals surface area contributed by atoms with Crippen LogP contribution in [0.5, 0.6) is 11.5 Å². The monoisotopic (exact) mass is 423 g/mol. The minimum Gasteiger partial charge on any atom is -0.489 e. The summed E-state index contributed by atoms with van der Waals surface area (Å²) in [6.45, 7) is 7.54. The van der Waals surface area contributed by atoms with Crippen molar-refractivity contribution in [1.29, 1.82) is 0 Å². The van der Waals surface area contributed by atoms with Crippen LogP contribution in [0.2, 0.25) is 0 Å². The Morgan fingerprint density at radius 1 is 1.10 bits per heavy atom. The molecular weight excluding hydrogens is 394 g/mol. The standard InChI is InChI=1S/C25H29NO3S/c1-25(2,3)24(27)29-19-10-11-22-21(5-4-14-30-23(22)15-19)17-6-8-18(9-7-17)28-20-12-13-26-16-20/h5-11,15,20,26H,4,12-14,16H2,1-3H3. The van der Waals surface area contributed by atoms with E-state index in [9.17, 15) is 4.79 Å². The van der Waals surface area contributed by atoms with E-state index in [1.54, 1.807) is 11.8 Å². The molecule has 4 nitrogen and oxygen atoms in total. The summed E-state index contributed by atoms with van der Waals surface area (Å²) in [5.41, 5.74) is 3.05. The van der Waals surface area contributed by atoms with Crippen LogP contribution in [0.1, 0.15) is 44.7 Å². The lowest BCUT2D eigenvalue weighted by atomic mass is 9.96. The van der Waals surface area contributed by atoms with E-state index in [-0.39, 0.29) is 12.1 Å². The van der Waals surface area contributed by atoms with E-state index < -0.39 is 5.41 Å². The largest absolute Gasteiger partial charge is 0.489 e. The number of hydrogen-bond acceptors (Lipinski definition) is 5. The molecule has 2 aliphatic rings. The van der Waals surface area contributed by atoms with Crippen LogP contribution < -0.4 is 14.8 Å². The highest BCUT2D eigenvalue weighted by Crippen LogP contribution is 2.38. The van der Waals surface area contributed by atoms with Gasteiger partial charge in [-0.3, -0.25) is 4.79 Å². The van der Waals surface area contributed by atoms with Crippen molar-refractivity contribution in [3.63, 3.8) is 0 Å². The number of ether oxygens (including phenoxy) is 2. The second-order valence-electron chi connectivity index (χ2n) is 8.81. The van der Waals surface area contributed by atoms with Crippen LogP contribution in [0.4, 0.5) is 0 Å². The molecule has 0 aromatic heterocycles. The van der Waals surface area contributed by atoms with E-state index >= 15 is 0 Å². The van der Waals surface area contributed by atoms with Gasteiger partial charge in [0, 0.05) is 17.2 Å². The van der Waals surface area contributed by atoms with Gasteiger partial charge >= 0.3 is 5.97 Å². The summed E-state index contributed by atoms with van der Waals surface area (Å²) in [5, 5.41) is 3.33. The van der Waals surface area contributed by atoms with Crippen LogP contribution in [0.25, 0.3) is 5.57 Å². The third kappa shape index (κ3) is 4.90. The molecule has 0 amide bonds. The first-order valence-corrected chi connectivity index (χ1v) is 11.6. The van der Waals surface area contributed by atoms with E-state index in [1.165, 1.54) is 16.7 Å². The van der Waals surface area contributed by atoms with Crippen molar-refractivity contribution in [2.24, 2.45) is 5.41 Å². The van der Waals surface area contributed by atoms with Crippen LogP contribution in [0.15, 0.2) is 53.4 Å². The molecule has 1 saturated heterocycles. The Bertz CT molecular complexity index is 938. The minimum atomic E-state index is -0.524. The van der Waals surface area contributed by atoms with Gasteiger partial charge in [-0.1, -0.05) is 18.2 Å². The fourth-order valence-corrected chi connectivity index (χ4v) is 4.55. The lowest BCUT2D eigenvalue weighted by Crippen LogP contribution is -2.25. The Morgan fingerprint density at radius 2 is 1.87 bits per heavy atom. The maximum Gasteiger partial charge on any atom is 0.316 e. The number of allylic oxidation sites excluding steroid dienone is 1. The third-order valence-corrected chi connectivity index (χ3v) is 6.36. The van der Waals surface area contributed by atoms with Gasteiger partial charge in [0.25, 0.3) is 0 Å². The predicted molar refractivity (Wildman–Crippen MR) is 122 cm³/mol. The maximum atomic E-state index is 12.3. The van der Waals surface area contributed by atoms with Crippen molar-refractivity contribution in [2.75, 3.05) is 18.8 Å². The van der Waals surface area contributed by atoms with E-state index in [0.717, 1.165) is 42.3 Å². The molecule has 2 aromatic carbocycles. The van der Waals surface area contributed by atoms with Gasteiger partial charge in [-0.05, 0) is 87.2 Å². The van der Waals surface area contributed by atoms with Gasteiger partial charge in [0.1, 0.15) is 17.6 Å². The smallest absolute Gasteiger partial charge is 0.316 e. The Kier molecular flexibility index (Phi) is 6.21. The normalized spacial score (nSPS) is 18.9. The van der Waals surface area contributed by atoms with Crippen LogP contribution >= 0.6 is 11.8 Å². The first-order valence-electron chi connectivity index (χ1n) is 10.6. The molecule has 30 heavy (non-hydrogen) atoms. The topological polar surface area (TPSA) is 47.6 Å². The number of nitrogens with one attached hydrogen (secondary N) is 1. The number of rotatable bonds is 4. The maximum absolute atomic E-state index is 12.3. The Morgan fingerprint density at radius 3 is 2.57 bits per heavy atom. The van der Waals surface area contributed by atoms with Crippen molar-refractivity contribution < 1.29 is 14.3 Å². The van der Waals surface area contributed by atoms with Crippen molar-refractivity contribution >= 4 is 23.3 Å². The first kappa shape index (κ1) is 21.0. The Balaban J connectivity index is 1.55. The average molecular weight is 424 g/mol. The molecule has 4 rings (SSSR count). The predicted octanol–water partition coefficient (Wildman–Crippen LogP) is 5.31. The van der Waals surface area contributed by atoms with E-state index in [4.69, 9.17) is 9.47 Å². The van der Waals surface area contributed by atoms with Crippen LogP contribution in [-0.4, -0.2) is 30.9 Å². The number of thioether (sulfide) groups is 1. The number of esters is 1. The average Bonchev–Trinajstić information content (AvgIpc) is 3.13. The molecule has 158 valence electrons. The molecule has 2 aromatic rings. The van der Waals surface area contributed by atoms with Crippen LogP contribution in [-0.2, 0) is 4.79 Å². The van der Waals surface area contributed by atoms with Crippen molar-refractivity contribution in [2.45, 2.75) is 44.6 Å². The second-order valence-corrected chi connectivity index (χ2v) is 9.95. The molecular formula is C25H29NO3S. The first-order chi connectivity index (χ1) is 14.4. The molecule has 1 atom stereocenters. The summed E-state index contributed by atoms with van der Waals surface area (Å²) in [6, 6.07) is 14.4. The van der Waals surface area contributed by atoms with E-state index in [2.05, 4.69) is 41.7 Å². The molecule has 0 bridgehead atoms. The van der Waals surface area contributed by atoms with Crippen molar-refractivity contribution in [3.8, 4) is 11.5 Å². The number of carbonyl (C=O) groups is 1. The zero-order valence-electron chi connectivity index (χ0n) is 17.9. The number of carbonyl (C=O) groups excluding carboxylic acids is 1. The summed E-state index contributed by atoms with van der Waals surface area (Å²) in [4.78, 5) is 13.4. The molecule has 1 unspecified atom stereocenters. The SMILES string of the molecule is CC(C)(C)C(=O)Oc1ccc2c(c1)SCCC=C2c1ccc(OC2CCNC2)cc1. The molecule has 0 radical (unpaired) electrons. The second kappa shape index (κ2) is 8.86. The molecule has 2 aliphatic heterocycles. The summed E-state index contributed by atoms with van der Waals surface area (Å²) in [7, 11) is 0. The zero-order chi connectivity index (χ0) is 21.1. The van der Waals surface area contributed by atoms with E-state index in [0.29, 0.717) is 5.75 Å². The van der Waals surface area contributed by atoms with Crippen molar-refractivity contribution in [1.82, 2.24) is 5.32 Å². The highest BCUT2D eigenvalue weighted by atomic mass is 32.2. The van der Waals surface area contributed by atoms with Gasteiger partial charge < -0.3 is 14.8 Å². The quantitative estimate of drug-likeness (QED) is 0.534. The van der Waals surface area contributed by atoms with Gasteiger partial charge in [-0.2, -0.15) is 0 Å². The number of fused-ring (bicyclic) bond motifs is 1. The van der Waals surface area contributed by atoms with Crippen LogP contribution in [0, 0.1) is 5.41 Å². The number of benzene rings is 2. The van der Waals surface area contributed by atoms with E-state index in [1.807, 2.05) is 32.9 Å². The van der Waals surface area contributed by atoms with Gasteiger partial charge in [0.05, 0.1) is 5.41 Å². The summed E-state index contributed by atoms with van der Waals surface area (Å²) in [5.74, 6) is 2.31. The molecule has 0 spiro atoms. The highest BCUT2D eigenvalue weighted by molar-refractivity contribution is 7.99. The molecule has 0 aliphatic carbocycles. The molecule has 5 heteroatoms. The molecule has 0 saturated carbocycles. The fraction of sp³-hybridized carbons (Fsp3) is 0.400. The van der Waals surface area contributed by atoms with Gasteiger partial charge in [0.15, 0.2) is 0 Å². The van der Waals surface area contributed by atoms with Gasteiger partial charge in [-0.25, -0.2) is 0 Å².